The van der Waals surface area contributed by atoms with Gasteiger partial charge in [-0.05, 0) is 25.1 Å². The van der Waals surface area contributed by atoms with Crippen molar-refractivity contribution in [1.29, 1.82) is 0 Å². The van der Waals surface area contributed by atoms with Crippen LogP contribution in [0, 0.1) is 6.92 Å². The molecule has 0 N–H and O–H groups in total. The van der Waals surface area contributed by atoms with E-state index in [1.165, 1.54) is 11.1 Å². The van der Waals surface area contributed by atoms with E-state index >= 15 is 0 Å². The lowest BCUT2D eigenvalue weighted by atomic mass is 10.2. The predicted molar refractivity (Wildman–Crippen MR) is 80.9 cm³/mol. The third-order valence-corrected chi connectivity index (χ3v) is 3.17. The van der Waals surface area contributed by atoms with Gasteiger partial charge >= 0.3 is 0 Å². The molecule has 0 aliphatic heterocycles. The minimum Gasteiger partial charge on any atom is -0.294 e. The van der Waals surface area contributed by atoms with Crippen molar-refractivity contribution < 1.29 is 4.79 Å². The number of aryl methyl sites for hydroxylation is 1. The maximum Gasteiger partial charge on any atom is 0.260 e. The fourth-order valence-corrected chi connectivity index (χ4v) is 2.01. The van der Waals surface area contributed by atoms with E-state index in [1.54, 1.807) is 48.5 Å². The Kier molecular flexibility index (Phi) is 3.61. The average Bonchev–Trinajstić information content (AvgIpc) is 2.97. The molecule has 110 valence electrons. The first kappa shape index (κ1) is 13.9. The summed E-state index contributed by atoms with van der Waals surface area (Å²) in [5.41, 5.74) is 1.35. The first-order valence-corrected chi connectivity index (χ1v) is 6.69. The normalized spacial score (nSPS) is 10.5. The van der Waals surface area contributed by atoms with Gasteiger partial charge in [0.2, 0.25) is 0 Å². The Balaban J connectivity index is 1.91. The van der Waals surface area contributed by atoms with E-state index in [2.05, 4.69) is 20.1 Å². The molecule has 3 aromatic rings. The molecule has 3 aromatic heterocycles. The van der Waals surface area contributed by atoms with Gasteiger partial charge in [-0.25, -0.2) is 14.6 Å². The van der Waals surface area contributed by atoms with Gasteiger partial charge < -0.3 is 0 Å². The molecular formula is C15H14N6O. The highest BCUT2D eigenvalue weighted by Crippen LogP contribution is 2.17. The molecule has 22 heavy (non-hydrogen) atoms. The smallest absolute Gasteiger partial charge is 0.260 e. The van der Waals surface area contributed by atoms with Crippen LogP contribution in [-0.2, 0) is 0 Å². The van der Waals surface area contributed by atoms with Gasteiger partial charge in [0.25, 0.3) is 11.9 Å². The van der Waals surface area contributed by atoms with E-state index in [-0.39, 0.29) is 5.91 Å². The molecule has 3 rings (SSSR count). The minimum absolute atomic E-state index is 0.174. The van der Waals surface area contributed by atoms with Crippen LogP contribution in [-0.4, -0.2) is 37.7 Å². The van der Waals surface area contributed by atoms with Crippen molar-refractivity contribution in [3.05, 3.63) is 60.3 Å². The molecule has 0 aliphatic carbocycles. The topological polar surface area (TPSA) is 76.8 Å². The lowest BCUT2D eigenvalue weighted by molar-refractivity contribution is 0.0992. The van der Waals surface area contributed by atoms with Gasteiger partial charge in [0, 0.05) is 43.6 Å². The molecule has 0 aliphatic rings. The number of carbonyl (C=O) groups excluding carboxylic acids is 1. The number of nitrogens with zero attached hydrogens (tertiary/aromatic N) is 6. The number of hydrogen-bond acceptors (Lipinski definition) is 5. The second-order valence-corrected chi connectivity index (χ2v) is 4.71. The average molecular weight is 294 g/mol. The molecule has 0 saturated heterocycles. The van der Waals surface area contributed by atoms with Gasteiger partial charge in [-0.3, -0.25) is 14.7 Å². The maximum absolute atomic E-state index is 12.4. The molecule has 0 spiro atoms. The lowest BCUT2D eigenvalue weighted by Gasteiger charge is -2.13. The minimum atomic E-state index is -0.174. The highest BCUT2D eigenvalue weighted by Gasteiger charge is 2.18. The SMILES string of the molecule is Cc1cc(N(C)C(=O)c2cccnc2)nn1-c1ncccn1. The molecule has 0 aromatic carbocycles. The molecule has 0 unspecified atom stereocenters. The van der Waals surface area contributed by atoms with Crippen LogP contribution in [0.1, 0.15) is 16.1 Å². The number of anilines is 1. The lowest BCUT2D eigenvalue weighted by Crippen LogP contribution is -2.26. The maximum atomic E-state index is 12.4. The van der Waals surface area contributed by atoms with E-state index < -0.39 is 0 Å². The fraction of sp³-hybridized carbons (Fsp3) is 0.133. The Morgan fingerprint density at radius 1 is 1.18 bits per heavy atom. The van der Waals surface area contributed by atoms with Gasteiger partial charge in [0.05, 0.1) is 5.56 Å². The Morgan fingerprint density at radius 2 is 1.95 bits per heavy atom. The number of rotatable bonds is 3. The summed E-state index contributed by atoms with van der Waals surface area (Å²) in [5.74, 6) is 0.819. The molecule has 1 amide bonds. The fourth-order valence-electron chi connectivity index (χ4n) is 2.01. The summed E-state index contributed by atoms with van der Waals surface area (Å²) in [7, 11) is 1.67. The summed E-state index contributed by atoms with van der Waals surface area (Å²) in [6.45, 7) is 1.88. The number of hydrogen-bond donors (Lipinski definition) is 0. The van der Waals surface area contributed by atoms with Crippen LogP contribution in [0.5, 0.6) is 0 Å². The van der Waals surface area contributed by atoms with Gasteiger partial charge in [-0.1, -0.05) is 0 Å². The number of pyridine rings is 1. The van der Waals surface area contributed by atoms with Crippen LogP contribution in [0.3, 0.4) is 0 Å². The zero-order chi connectivity index (χ0) is 15.5. The summed E-state index contributed by atoms with van der Waals surface area (Å²) >= 11 is 0. The number of carbonyl (C=O) groups is 1. The van der Waals surface area contributed by atoms with E-state index in [0.29, 0.717) is 17.3 Å². The summed E-state index contributed by atoms with van der Waals surface area (Å²) < 4.78 is 1.60. The quantitative estimate of drug-likeness (QED) is 0.734. The van der Waals surface area contributed by atoms with Crippen LogP contribution in [0.2, 0.25) is 0 Å². The second kappa shape index (κ2) is 5.72. The zero-order valence-corrected chi connectivity index (χ0v) is 12.2. The zero-order valence-electron chi connectivity index (χ0n) is 12.2. The van der Waals surface area contributed by atoms with Crippen LogP contribution in [0.15, 0.2) is 49.1 Å². The summed E-state index contributed by atoms with van der Waals surface area (Å²) in [6, 6.07) is 6.99. The molecule has 7 heteroatoms. The van der Waals surface area contributed by atoms with Crippen molar-refractivity contribution >= 4 is 11.7 Å². The van der Waals surface area contributed by atoms with E-state index in [9.17, 15) is 4.79 Å². The van der Waals surface area contributed by atoms with Crippen LogP contribution >= 0.6 is 0 Å². The Bertz CT molecular complexity index is 784. The Hall–Kier alpha value is -3.09. The van der Waals surface area contributed by atoms with Crippen molar-refractivity contribution in [3.63, 3.8) is 0 Å². The van der Waals surface area contributed by atoms with E-state index in [1.807, 2.05) is 13.0 Å². The van der Waals surface area contributed by atoms with Gasteiger partial charge in [-0.15, -0.1) is 5.10 Å². The Labute approximate surface area is 127 Å². The molecule has 3 heterocycles. The second-order valence-electron chi connectivity index (χ2n) is 4.71. The van der Waals surface area contributed by atoms with Crippen LogP contribution in [0.25, 0.3) is 5.95 Å². The molecular weight excluding hydrogens is 280 g/mol. The molecule has 7 nitrogen and oxygen atoms in total. The van der Waals surface area contributed by atoms with Crippen molar-refractivity contribution in [2.75, 3.05) is 11.9 Å². The highest BCUT2D eigenvalue weighted by atomic mass is 16.2. The van der Waals surface area contributed by atoms with Gasteiger partial charge in [-0.2, -0.15) is 0 Å². The first-order valence-electron chi connectivity index (χ1n) is 6.69. The highest BCUT2D eigenvalue weighted by molar-refractivity contribution is 6.04. The molecule has 0 fully saturated rings. The number of aromatic nitrogens is 5. The van der Waals surface area contributed by atoms with Crippen LogP contribution in [0.4, 0.5) is 5.82 Å². The third kappa shape index (κ3) is 2.56. The first-order chi connectivity index (χ1) is 10.7. The van der Waals surface area contributed by atoms with E-state index in [4.69, 9.17) is 0 Å². The van der Waals surface area contributed by atoms with Gasteiger partial charge in [0.15, 0.2) is 5.82 Å². The largest absolute Gasteiger partial charge is 0.294 e. The Morgan fingerprint density at radius 3 is 2.64 bits per heavy atom. The summed E-state index contributed by atoms with van der Waals surface area (Å²) in [6.07, 6.45) is 6.45. The number of amides is 1. The molecule has 0 radical (unpaired) electrons. The van der Waals surface area contributed by atoms with E-state index in [0.717, 1.165) is 5.69 Å². The van der Waals surface area contributed by atoms with Crippen molar-refractivity contribution in [3.8, 4) is 5.95 Å². The molecule has 0 saturated carbocycles. The standard InChI is InChI=1S/C15H14N6O/c1-11-9-13(19-21(11)15-17-7-4-8-18-15)20(2)14(22)12-5-3-6-16-10-12/h3-10H,1-2H3. The van der Waals surface area contributed by atoms with Crippen molar-refractivity contribution in [2.45, 2.75) is 6.92 Å². The molecule has 0 atom stereocenters. The molecule has 0 bridgehead atoms. The predicted octanol–water partition coefficient (Wildman–Crippen LogP) is 1.64. The summed E-state index contributed by atoms with van der Waals surface area (Å²) in [5, 5.41) is 4.40. The monoisotopic (exact) mass is 294 g/mol. The van der Waals surface area contributed by atoms with Crippen molar-refractivity contribution in [2.24, 2.45) is 0 Å². The third-order valence-electron chi connectivity index (χ3n) is 3.17. The summed E-state index contributed by atoms with van der Waals surface area (Å²) in [4.78, 5) is 26.2. The van der Waals surface area contributed by atoms with Crippen molar-refractivity contribution in [1.82, 2.24) is 24.7 Å². The van der Waals surface area contributed by atoms with Gasteiger partial charge in [0.1, 0.15) is 0 Å². The van der Waals surface area contributed by atoms with Crippen LogP contribution < -0.4 is 4.90 Å².